The summed E-state index contributed by atoms with van der Waals surface area (Å²) >= 11 is 7.18. The molecule has 1 amide bonds. The van der Waals surface area contributed by atoms with Crippen LogP contribution >= 0.6 is 22.9 Å². The average molecular weight is 501 g/mol. The highest BCUT2D eigenvalue weighted by Gasteiger charge is 2.31. The summed E-state index contributed by atoms with van der Waals surface area (Å²) in [5.74, 6) is -0.869. The predicted octanol–water partition coefficient (Wildman–Crippen LogP) is 4.55. The first-order chi connectivity index (χ1) is 15.6. The molecule has 0 radical (unpaired) electrons. The van der Waals surface area contributed by atoms with Crippen LogP contribution in [0.15, 0.2) is 28.6 Å². The van der Waals surface area contributed by atoms with E-state index >= 15 is 0 Å². The Morgan fingerprint density at radius 2 is 2.06 bits per heavy atom. The zero-order valence-electron chi connectivity index (χ0n) is 17.0. The van der Waals surface area contributed by atoms with Crippen LogP contribution in [0.5, 0.6) is 0 Å². The number of hydrogen-bond acceptors (Lipinski definition) is 7. The normalized spacial score (nSPS) is 13.7. The van der Waals surface area contributed by atoms with Crippen molar-refractivity contribution in [2.75, 3.05) is 17.7 Å². The molecule has 0 aromatic carbocycles. The molecule has 0 atom stereocenters. The molecule has 1 fully saturated rings. The summed E-state index contributed by atoms with van der Waals surface area (Å²) in [7, 11) is 1.17. The molecule has 3 aromatic heterocycles. The van der Waals surface area contributed by atoms with E-state index in [4.69, 9.17) is 16.3 Å². The van der Waals surface area contributed by atoms with E-state index in [2.05, 4.69) is 15.6 Å². The Morgan fingerprint density at radius 1 is 1.33 bits per heavy atom. The molecule has 1 aliphatic carbocycles. The van der Waals surface area contributed by atoms with Gasteiger partial charge in [-0.25, -0.2) is 9.78 Å². The van der Waals surface area contributed by atoms with E-state index in [1.54, 1.807) is 0 Å². The number of pyridine rings is 2. The number of anilines is 3. The Balaban J connectivity index is 1.77. The van der Waals surface area contributed by atoms with Gasteiger partial charge in [0.2, 0.25) is 5.91 Å². The molecule has 0 bridgehead atoms. The van der Waals surface area contributed by atoms with Crippen LogP contribution in [0.3, 0.4) is 0 Å². The second-order valence-electron chi connectivity index (χ2n) is 7.37. The van der Waals surface area contributed by atoms with Crippen molar-refractivity contribution in [2.45, 2.75) is 25.6 Å². The number of rotatable bonds is 6. The molecule has 0 saturated heterocycles. The van der Waals surface area contributed by atoms with E-state index in [-0.39, 0.29) is 45.0 Å². The molecule has 174 valence electrons. The fraction of sp³-hybridized carbons (Fsp3) is 0.300. The fourth-order valence-corrected chi connectivity index (χ4v) is 4.40. The first-order valence-electron chi connectivity index (χ1n) is 9.60. The summed E-state index contributed by atoms with van der Waals surface area (Å²) in [6.45, 7) is -1.50. The molecule has 3 heterocycles. The van der Waals surface area contributed by atoms with Gasteiger partial charge >= 0.3 is 12.1 Å². The lowest BCUT2D eigenvalue weighted by Crippen LogP contribution is -2.27. The number of hydrogen-bond donors (Lipinski definition) is 2. The SMILES string of the molecule is COC(=O)c1cnc(NC(=O)C2CC2)cc1Nc1csc2c(Cl)cn(CC(F)(F)F)c(=O)c12. The van der Waals surface area contributed by atoms with Crippen LogP contribution in [0.25, 0.3) is 10.1 Å². The molecular weight excluding hydrogens is 485 g/mol. The topological polar surface area (TPSA) is 102 Å². The average Bonchev–Trinajstić information content (AvgIpc) is 3.51. The second-order valence-corrected chi connectivity index (χ2v) is 8.66. The molecular formula is C20H16ClF3N4O4S. The van der Waals surface area contributed by atoms with E-state index in [9.17, 15) is 27.6 Å². The third kappa shape index (κ3) is 4.96. The van der Waals surface area contributed by atoms with Gasteiger partial charge in [-0.3, -0.25) is 9.59 Å². The van der Waals surface area contributed by atoms with Crippen LogP contribution in [0.1, 0.15) is 23.2 Å². The number of amides is 1. The number of ether oxygens (including phenoxy) is 1. The number of nitrogens with one attached hydrogen (secondary N) is 2. The maximum absolute atomic E-state index is 12.9. The van der Waals surface area contributed by atoms with E-state index in [1.165, 1.54) is 24.8 Å². The van der Waals surface area contributed by atoms with Crippen molar-refractivity contribution in [2.24, 2.45) is 5.92 Å². The zero-order valence-corrected chi connectivity index (χ0v) is 18.5. The highest BCUT2D eigenvalue weighted by Crippen LogP contribution is 2.36. The van der Waals surface area contributed by atoms with Crippen molar-refractivity contribution < 1.29 is 27.5 Å². The summed E-state index contributed by atoms with van der Waals surface area (Å²) < 4.78 is 44.3. The fourth-order valence-electron chi connectivity index (χ4n) is 3.16. The van der Waals surface area contributed by atoms with Gasteiger partial charge in [-0.2, -0.15) is 13.2 Å². The third-order valence-corrected chi connectivity index (χ3v) is 6.29. The first kappa shape index (κ1) is 23.1. The highest BCUT2D eigenvalue weighted by atomic mass is 35.5. The van der Waals surface area contributed by atoms with Gasteiger partial charge in [0.15, 0.2) is 0 Å². The van der Waals surface area contributed by atoms with Crippen molar-refractivity contribution in [1.29, 1.82) is 0 Å². The van der Waals surface area contributed by atoms with Gasteiger partial charge in [-0.1, -0.05) is 11.6 Å². The van der Waals surface area contributed by atoms with Crippen molar-refractivity contribution in [1.82, 2.24) is 9.55 Å². The van der Waals surface area contributed by atoms with E-state index < -0.39 is 24.2 Å². The Hall–Kier alpha value is -3.12. The third-order valence-electron chi connectivity index (χ3n) is 4.88. The lowest BCUT2D eigenvalue weighted by molar-refractivity contribution is -0.141. The Kier molecular flexibility index (Phi) is 6.06. The maximum Gasteiger partial charge on any atom is 0.406 e. The molecule has 1 aliphatic rings. The first-order valence-corrected chi connectivity index (χ1v) is 10.9. The van der Waals surface area contributed by atoms with Crippen LogP contribution in [0, 0.1) is 5.92 Å². The lowest BCUT2D eigenvalue weighted by atomic mass is 10.2. The molecule has 13 heteroatoms. The number of fused-ring (bicyclic) bond motifs is 1. The number of carbonyl (C=O) groups is 2. The summed E-state index contributed by atoms with van der Waals surface area (Å²) in [5, 5.41) is 6.96. The Morgan fingerprint density at radius 3 is 2.70 bits per heavy atom. The molecule has 0 unspecified atom stereocenters. The summed E-state index contributed by atoms with van der Waals surface area (Å²) in [6.07, 6.45) is -0.924. The minimum Gasteiger partial charge on any atom is -0.465 e. The Labute approximate surface area is 193 Å². The quantitative estimate of drug-likeness (QED) is 0.481. The number of carbonyl (C=O) groups excluding carboxylic acids is 2. The van der Waals surface area contributed by atoms with Crippen LogP contribution in [-0.4, -0.2) is 34.7 Å². The van der Waals surface area contributed by atoms with Crippen molar-refractivity contribution in [3.05, 3.63) is 44.8 Å². The van der Waals surface area contributed by atoms with Gasteiger partial charge in [0, 0.05) is 29.8 Å². The van der Waals surface area contributed by atoms with Crippen LogP contribution in [0.4, 0.5) is 30.4 Å². The number of nitrogens with zero attached hydrogens (tertiary/aromatic N) is 2. The molecule has 8 nitrogen and oxygen atoms in total. The summed E-state index contributed by atoms with van der Waals surface area (Å²) in [4.78, 5) is 41.1. The molecule has 0 spiro atoms. The molecule has 33 heavy (non-hydrogen) atoms. The predicted molar refractivity (Wildman–Crippen MR) is 117 cm³/mol. The number of methoxy groups -OCH3 is 1. The van der Waals surface area contributed by atoms with Crippen molar-refractivity contribution in [3.63, 3.8) is 0 Å². The van der Waals surface area contributed by atoms with Gasteiger partial charge in [0.25, 0.3) is 5.56 Å². The van der Waals surface area contributed by atoms with E-state index in [0.717, 1.165) is 30.4 Å². The smallest absolute Gasteiger partial charge is 0.406 e. The van der Waals surface area contributed by atoms with Crippen molar-refractivity contribution >= 4 is 62.1 Å². The minimum atomic E-state index is -4.62. The van der Waals surface area contributed by atoms with E-state index in [1.807, 2.05) is 0 Å². The second kappa shape index (κ2) is 8.67. The molecule has 4 rings (SSSR count). The lowest BCUT2D eigenvalue weighted by Gasteiger charge is -2.13. The zero-order chi connectivity index (χ0) is 23.9. The number of halogens is 4. The van der Waals surface area contributed by atoms with Gasteiger partial charge < -0.3 is 19.9 Å². The monoisotopic (exact) mass is 500 g/mol. The van der Waals surface area contributed by atoms with Crippen LogP contribution in [-0.2, 0) is 16.1 Å². The number of aromatic nitrogens is 2. The number of alkyl halides is 3. The number of thiophene rings is 1. The van der Waals surface area contributed by atoms with Crippen LogP contribution in [0.2, 0.25) is 5.02 Å². The molecule has 2 N–H and O–H groups in total. The molecule has 3 aromatic rings. The van der Waals surface area contributed by atoms with Gasteiger partial charge in [-0.15, -0.1) is 11.3 Å². The van der Waals surface area contributed by atoms with Gasteiger partial charge in [-0.05, 0) is 12.8 Å². The van der Waals surface area contributed by atoms with Crippen molar-refractivity contribution in [3.8, 4) is 0 Å². The minimum absolute atomic E-state index is 0.00100. The largest absolute Gasteiger partial charge is 0.465 e. The summed E-state index contributed by atoms with van der Waals surface area (Å²) in [5.41, 5.74) is -0.607. The maximum atomic E-state index is 12.9. The highest BCUT2D eigenvalue weighted by molar-refractivity contribution is 7.18. The standard InChI is InChI=1S/C20H16ClF3N4O4S/c1-32-19(31)10-5-25-14(27-17(29)9-2-3-9)4-12(10)26-13-7-33-16-11(21)6-28(8-20(22,23)24)18(30)15(13)16/h4-7,9H,2-3,8H2,1H3,(H2,25,26,27,29). The van der Waals surface area contributed by atoms with E-state index in [0.29, 0.717) is 9.27 Å². The van der Waals surface area contributed by atoms with Crippen LogP contribution < -0.4 is 16.2 Å². The van der Waals surface area contributed by atoms with Gasteiger partial charge in [0.05, 0.1) is 33.6 Å². The molecule has 0 aliphatic heterocycles. The Bertz CT molecular complexity index is 1320. The summed E-state index contributed by atoms with van der Waals surface area (Å²) in [6, 6.07) is 1.38. The number of esters is 1. The van der Waals surface area contributed by atoms with Gasteiger partial charge in [0.1, 0.15) is 17.9 Å². The molecule has 1 saturated carbocycles.